The lowest BCUT2D eigenvalue weighted by molar-refractivity contribution is -0.135. The molecule has 1 heterocycles. The van der Waals surface area contributed by atoms with Gasteiger partial charge in [0, 0.05) is 19.2 Å². The number of amidine groups is 1. The van der Waals surface area contributed by atoms with Crippen molar-refractivity contribution in [2.24, 2.45) is 22.4 Å². The number of nitrogens with zero attached hydrogens (tertiary/aromatic N) is 1. The first kappa shape index (κ1) is 22.1. The van der Waals surface area contributed by atoms with E-state index >= 15 is 0 Å². The maximum atomic E-state index is 12.4. The molecule has 1 atom stereocenters. The summed E-state index contributed by atoms with van der Waals surface area (Å²) < 4.78 is 36.5. The summed E-state index contributed by atoms with van der Waals surface area (Å²) in [5, 5.41) is 5.58. The highest BCUT2D eigenvalue weighted by molar-refractivity contribution is 6.05. The smallest absolute Gasteiger partial charge is 0.389 e. The molecule has 6 nitrogen and oxygen atoms in total. The summed E-state index contributed by atoms with van der Waals surface area (Å²) in [6, 6.07) is 0. The van der Waals surface area contributed by atoms with Crippen LogP contribution >= 0.6 is 0 Å². The molecule has 0 bridgehead atoms. The third-order valence-electron chi connectivity index (χ3n) is 4.25. The molecule has 0 aromatic heterocycles. The standard InChI is InChI=1S/C20H24F3N5O/c1-2-16(26-12-4-10-20(21,22)23)28-19(29)14-8-6-13(7-9-14)17(25)18-15(24)5-3-11-27-18/h2-3,5-8,11,14,27H,1,4,9-10,12,24-25H2,(H,26,28,29)/b18-17-/t14-/m1/s1. The van der Waals surface area contributed by atoms with Crippen LogP contribution in [0.4, 0.5) is 13.2 Å². The Morgan fingerprint density at radius 2 is 2.21 bits per heavy atom. The van der Waals surface area contributed by atoms with Crippen LogP contribution < -0.4 is 22.1 Å². The molecule has 1 amide bonds. The topological polar surface area (TPSA) is 106 Å². The summed E-state index contributed by atoms with van der Waals surface area (Å²) in [7, 11) is 0. The second-order valence-corrected chi connectivity index (χ2v) is 6.45. The zero-order valence-electron chi connectivity index (χ0n) is 15.8. The molecular formula is C20H24F3N5O. The van der Waals surface area contributed by atoms with Gasteiger partial charge in [0.15, 0.2) is 0 Å². The maximum absolute atomic E-state index is 12.4. The van der Waals surface area contributed by atoms with Crippen molar-refractivity contribution in [1.29, 1.82) is 0 Å². The van der Waals surface area contributed by atoms with Crippen LogP contribution in [0, 0.1) is 5.92 Å². The molecule has 0 saturated heterocycles. The van der Waals surface area contributed by atoms with E-state index in [2.05, 4.69) is 22.2 Å². The number of hydrogen-bond donors (Lipinski definition) is 4. The van der Waals surface area contributed by atoms with Crippen LogP contribution in [0.3, 0.4) is 0 Å². The van der Waals surface area contributed by atoms with Gasteiger partial charge in [0.05, 0.1) is 23.0 Å². The summed E-state index contributed by atoms with van der Waals surface area (Å²) in [6.45, 7) is 3.48. The van der Waals surface area contributed by atoms with E-state index in [-0.39, 0.29) is 24.7 Å². The van der Waals surface area contributed by atoms with Crippen molar-refractivity contribution in [2.45, 2.75) is 25.4 Å². The highest BCUT2D eigenvalue weighted by Crippen LogP contribution is 2.23. The van der Waals surface area contributed by atoms with Crippen LogP contribution in [0.15, 0.2) is 76.9 Å². The summed E-state index contributed by atoms with van der Waals surface area (Å²) >= 11 is 0. The summed E-state index contributed by atoms with van der Waals surface area (Å²) in [5.74, 6) is -0.627. The van der Waals surface area contributed by atoms with Crippen molar-refractivity contribution >= 4 is 11.7 Å². The molecule has 0 spiro atoms. The number of carbonyl (C=O) groups excluding carboxylic acids is 1. The van der Waals surface area contributed by atoms with E-state index in [0.29, 0.717) is 23.5 Å². The number of amides is 1. The summed E-state index contributed by atoms with van der Waals surface area (Å²) in [5.41, 5.74) is 14.4. The molecule has 2 aliphatic rings. The van der Waals surface area contributed by atoms with E-state index in [4.69, 9.17) is 11.5 Å². The van der Waals surface area contributed by atoms with Crippen molar-refractivity contribution < 1.29 is 18.0 Å². The Hall–Kier alpha value is -3.23. The molecular weight excluding hydrogens is 383 g/mol. The van der Waals surface area contributed by atoms with E-state index in [1.54, 1.807) is 30.5 Å². The zero-order valence-corrected chi connectivity index (χ0v) is 15.8. The number of allylic oxidation sites excluding steroid dienone is 4. The minimum Gasteiger partial charge on any atom is -0.397 e. The fourth-order valence-electron chi connectivity index (χ4n) is 2.70. The Bertz CT molecular complexity index is 832. The highest BCUT2D eigenvalue weighted by Gasteiger charge is 2.26. The maximum Gasteiger partial charge on any atom is 0.389 e. The fourth-order valence-corrected chi connectivity index (χ4v) is 2.70. The van der Waals surface area contributed by atoms with Crippen LogP contribution in [0.5, 0.6) is 0 Å². The van der Waals surface area contributed by atoms with Crippen molar-refractivity contribution in [3.8, 4) is 0 Å². The summed E-state index contributed by atoms with van der Waals surface area (Å²) in [6.07, 6.45) is 6.90. The molecule has 0 aromatic carbocycles. The predicted octanol–water partition coefficient (Wildman–Crippen LogP) is 2.66. The van der Waals surface area contributed by atoms with Gasteiger partial charge in [0.25, 0.3) is 0 Å². The number of halogens is 3. The van der Waals surface area contributed by atoms with E-state index in [1.165, 1.54) is 6.08 Å². The van der Waals surface area contributed by atoms with Gasteiger partial charge >= 0.3 is 6.18 Å². The minimum atomic E-state index is -4.22. The average Bonchev–Trinajstić information content (AvgIpc) is 2.69. The first-order valence-corrected chi connectivity index (χ1v) is 9.03. The van der Waals surface area contributed by atoms with Crippen molar-refractivity contribution in [2.75, 3.05) is 6.54 Å². The highest BCUT2D eigenvalue weighted by atomic mass is 19.4. The number of aliphatic imine (C=N–C) groups is 1. The van der Waals surface area contributed by atoms with E-state index < -0.39 is 18.5 Å². The van der Waals surface area contributed by atoms with Crippen LogP contribution in [0.1, 0.15) is 19.3 Å². The number of dihydropyridines is 1. The lowest BCUT2D eigenvalue weighted by atomic mass is 9.93. The molecule has 1 aliphatic heterocycles. The van der Waals surface area contributed by atoms with Gasteiger partial charge in [0.2, 0.25) is 5.91 Å². The third-order valence-corrected chi connectivity index (χ3v) is 4.25. The van der Waals surface area contributed by atoms with Gasteiger partial charge in [-0.05, 0) is 36.6 Å². The van der Waals surface area contributed by atoms with Gasteiger partial charge < -0.3 is 22.1 Å². The fraction of sp³-hybridized carbons (Fsp3) is 0.300. The van der Waals surface area contributed by atoms with Crippen molar-refractivity contribution in [3.05, 3.63) is 71.9 Å². The predicted molar refractivity (Wildman–Crippen MR) is 107 cm³/mol. The van der Waals surface area contributed by atoms with Crippen LogP contribution in [-0.2, 0) is 4.79 Å². The van der Waals surface area contributed by atoms with Crippen molar-refractivity contribution in [1.82, 2.24) is 10.6 Å². The lowest BCUT2D eigenvalue weighted by Gasteiger charge is -2.19. The monoisotopic (exact) mass is 407 g/mol. The normalized spacial score (nSPS) is 21.1. The van der Waals surface area contributed by atoms with Gasteiger partial charge in [-0.1, -0.05) is 24.8 Å². The van der Waals surface area contributed by atoms with Gasteiger partial charge in [0.1, 0.15) is 5.84 Å². The average molecular weight is 407 g/mol. The second-order valence-electron chi connectivity index (χ2n) is 6.45. The number of nitrogens with two attached hydrogens (primary N) is 2. The van der Waals surface area contributed by atoms with Gasteiger partial charge in [-0.3, -0.25) is 9.79 Å². The molecule has 156 valence electrons. The Morgan fingerprint density at radius 3 is 2.79 bits per heavy atom. The Labute approximate surface area is 167 Å². The van der Waals surface area contributed by atoms with Gasteiger partial charge in [-0.2, -0.15) is 13.2 Å². The first-order chi connectivity index (χ1) is 13.7. The van der Waals surface area contributed by atoms with Gasteiger partial charge in [-0.15, -0.1) is 0 Å². The first-order valence-electron chi connectivity index (χ1n) is 9.03. The third kappa shape index (κ3) is 6.70. The molecule has 0 radical (unpaired) electrons. The number of nitrogens with one attached hydrogen (secondary N) is 2. The Kier molecular flexibility index (Phi) is 7.46. The molecule has 0 unspecified atom stereocenters. The van der Waals surface area contributed by atoms with Crippen molar-refractivity contribution in [3.63, 3.8) is 0 Å². The number of alkyl halides is 3. The van der Waals surface area contributed by atoms with E-state index in [0.717, 1.165) is 5.57 Å². The minimum absolute atomic E-state index is 0.0494. The SMILES string of the molecule is C=CC(=NCCCC(F)(F)F)NC(=O)[C@@H]1C=CC(/C(N)=C2/NC=CC=C2N)=CC1. The largest absolute Gasteiger partial charge is 0.397 e. The molecule has 6 N–H and O–H groups in total. The molecule has 1 aliphatic carbocycles. The Balaban J connectivity index is 1.93. The Morgan fingerprint density at radius 1 is 1.45 bits per heavy atom. The summed E-state index contributed by atoms with van der Waals surface area (Å²) in [4.78, 5) is 16.4. The molecule has 0 aromatic rings. The van der Waals surface area contributed by atoms with Crippen LogP contribution in [0.25, 0.3) is 0 Å². The van der Waals surface area contributed by atoms with Gasteiger partial charge in [-0.25, -0.2) is 0 Å². The molecule has 29 heavy (non-hydrogen) atoms. The molecule has 0 fully saturated rings. The lowest BCUT2D eigenvalue weighted by Crippen LogP contribution is -2.34. The van der Waals surface area contributed by atoms with Crippen LogP contribution in [-0.4, -0.2) is 24.5 Å². The quantitative estimate of drug-likeness (QED) is 0.309. The van der Waals surface area contributed by atoms with E-state index in [9.17, 15) is 18.0 Å². The number of hydrogen-bond acceptors (Lipinski definition) is 5. The van der Waals surface area contributed by atoms with E-state index in [1.807, 2.05) is 6.08 Å². The zero-order chi connectivity index (χ0) is 21.4. The van der Waals surface area contributed by atoms with Crippen LogP contribution in [0.2, 0.25) is 0 Å². The molecule has 9 heteroatoms. The molecule has 2 rings (SSSR count). The number of rotatable bonds is 6. The second kappa shape index (κ2) is 9.81. The number of carbonyl (C=O) groups is 1. The molecule has 0 saturated carbocycles.